The van der Waals surface area contributed by atoms with Crippen molar-refractivity contribution in [3.05, 3.63) is 35.4 Å². The molecule has 0 saturated carbocycles. The Hall–Kier alpha value is -1.59. The van der Waals surface area contributed by atoms with Gasteiger partial charge < -0.3 is 20.8 Å². The van der Waals surface area contributed by atoms with Gasteiger partial charge in [-0.3, -0.25) is 0 Å². The minimum absolute atomic E-state index is 0.136. The van der Waals surface area contributed by atoms with E-state index < -0.39 is 5.60 Å². The van der Waals surface area contributed by atoms with Crippen molar-refractivity contribution < 1.29 is 15.0 Å². The van der Waals surface area contributed by atoms with Gasteiger partial charge in [0.05, 0.1) is 6.54 Å². The first-order valence-corrected chi connectivity index (χ1v) is 9.38. The Balaban J connectivity index is 1.85. The van der Waals surface area contributed by atoms with Gasteiger partial charge in [0.15, 0.2) is 0 Å². The van der Waals surface area contributed by atoms with E-state index in [-0.39, 0.29) is 25.1 Å². The highest BCUT2D eigenvalue weighted by molar-refractivity contribution is 5.74. The van der Waals surface area contributed by atoms with E-state index in [1.54, 1.807) is 0 Å². The highest BCUT2D eigenvalue weighted by atomic mass is 16.3. The second-order valence-corrected chi connectivity index (χ2v) is 7.61. The molecule has 2 unspecified atom stereocenters. The fourth-order valence-corrected chi connectivity index (χ4v) is 3.76. The van der Waals surface area contributed by atoms with Gasteiger partial charge in [-0.05, 0) is 55.1 Å². The molecule has 25 heavy (non-hydrogen) atoms. The van der Waals surface area contributed by atoms with Crippen molar-refractivity contribution in [1.29, 1.82) is 0 Å². The molecule has 140 valence electrons. The lowest BCUT2D eigenvalue weighted by Gasteiger charge is -2.34. The van der Waals surface area contributed by atoms with Crippen LogP contribution in [0.3, 0.4) is 0 Å². The summed E-state index contributed by atoms with van der Waals surface area (Å²) in [5, 5.41) is 25.8. The standard InChI is InChI=1S/C20H32N2O3/c1-15(2)12-16(9-11-23)13-21-19(24)22-14-20(25)10-5-7-17-6-3-4-8-18(17)20/h3-4,6,8,15-16,23,25H,5,7,9-14H2,1-2H3,(H2,21,22,24). The number of aliphatic hydroxyl groups is 2. The normalized spacial score (nSPS) is 20.8. The van der Waals surface area contributed by atoms with E-state index in [9.17, 15) is 9.90 Å². The number of hydrogen-bond acceptors (Lipinski definition) is 3. The number of rotatable bonds is 8. The molecule has 1 aromatic carbocycles. The molecule has 0 aliphatic heterocycles. The second-order valence-electron chi connectivity index (χ2n) is 7.61. The number of nitrogens with one attached hydrogen (secondary N) is 2. The highest BCUT2D eigenvalue weighted by Crippen LogP contribution is 2.34. The topological polar surface area (TPSA) is 81.6 Å². The maximum atomic E-state index is 12.1. The Bertz CT molecular complexity index is 562. The summed E-state index contributed by atoms with van der Waals surface area (Å²) in [6, 6.07) is 7.66. The largest absolute Gasteiger partial charge is 0.396 e. The summed E-state index contributed by atoms with van der Waals surface area (Å²) in [4.78, 5) is 12.1. The van der Waals surface area contributed by atoms with Gasteiger partial charge in [0, 0.05) is 13.2 Å². The molecule has 0 heterocycles. The number of hydrogen-bond donors (Lipinski definition) is 4. The number of aliphatic hydroxyl groups excluding tert-OH is 1. The first kappa shape index (κ1) is 19.7. The van der Waals surface area contributed by atoms with Gasteiger partial charge in [0.25, 0.3) is 0 Å². The lowest BCUT2D eigenvalue weighted by molar-refractivity contribution is 0.0216. The maximum Gasteiger partial charge on any atom is 0.314 e. The summed E-state index contributed by atoms with van der Waals surface area (Å²) in [5.41, 5.74) is 1.10. The molecule has 4 N–H and O–H groups in total. The number of fused-ring (bicyclic) bond motifs is 1. The maximum absolute atomic E-state index is 12.1. The van der Waals surface area contributed by atoms with Crippen molar-refractivity contribution in [2.45, 2.75) is 51.6 Å². The third kappa shape index (κ3) is 5.72. The molecule has 0 saturated heterocycles. The van der Waals surface area contributed by atoms with Crippen LogP contribution in [-0.2, 0) is 12.0 Å². The van der Waals surface area contributed by atoms with Crippen LogP contribution in [0.1, 0.15) is 50.7 Å². The van der Waals surface area contributed by atoms with E-state index >= 15 is 0 Å². The van der Waals surface area contributed by atoms with Crippen LogP contribution in [0.2, 0.25) is 0 Å². The van der Waals surface area contributed by atoms with E-state index in [4.69, 9.17) is 5.11 Å². The van der Waals surface area contributed by atoms with Crippen LogP contribution in [0.15, 0.2) is 24.3 Å². The zero-order valence-electron chi connectivity index (χ0n) is 15.4. The molecule has 0 bridgehead atoms. The molecule has 1 aliphatic carbocycles. The minimum Gasteiger partial charge on any atom is -0.396 e. The van der Waals surface area contributed by atoms with Gasteiger partial charge in [0.2, 0.25) is 0 Å². The van der Waals surface area contributed by atoms with Crippen LogP contribution in [-0.4, -0.2) is 35.9 Å². The van der Waals surface area contributed by atoms with E-state index in [2.05, 4.69) is 24.5 Å². The molecular formula is C20H32N2O3. The third-order valence-corrected chi connectivity index (χ3v) is 4.99. The smallest absolute Gasteiger partial charge is 0.314 e. The number of amides is 2. The summed E-state index contributed by atoms with van der Waals surface area (Å²) in [6.07, 6.45) is 4.21. The van der Waals surface area contributed by atoms with E-state index in [1.807, 2.05) is 24.3 Å². The first-order chi connectivity index (χ1) is 11.9. The van der Waals surface area contributed by atoms with Crippen molar-refractivity contribution in [3.63, 3.8) is 0 Å². The molecule has 0 radical (unpaired) electrons. The van der Waals surface area contributed by atoms with Gasteiger partial charge in [0.1, 0.15) is 5.60 Å². The number of carbonyl (C=O) groups excluding carboxylic acids is 1. The van der Waals surface area contributed by atoms with Crippen LogP contribution in [0, 0.1) is 11.8 Å². The summed E-state index contributed by atoms with van der Waals surface area (Å²) in [7, 11) is 0. The minimum atomic E-state index is -0.991. The summed E-state index contributed by atoms with van der Waals surface area (Å²) in [5.74, 6) is 0.801. The molecular weight excluding hydrogens is 316 g/mol. The predicted molar refractivity (Wildman–Crippen MR) is 99.3 cm³/mol. The first-order valence-electron chi connectivity index (χ1n) is 9.38. The third-order valence-electron chi connectivity index (χ3n) is 4.99. The van der Waals surface area contributed by atoms with Crippen molar-refractivity contribution in [3.8, 4) is 0 Å². The lowest BCUT2D eigenvalue weighted by atomic mass is 9.79. The Labute approximate surface area is 150 Å². The van der Waals surface area contributed by atoms with Crippen molar-refractivity contribution >= 4 is 6.03 Å². The quantitative estimate of drug-likeness (QED) is 0.583. The molecule has 2 atom stereocenters. The zero-order valence-corrected chi connectivity index (χ0v) is 15.4. The molecule has 0 spiro atoms. The molecule has 5 nitrogen and oxygen atoms in total. The van der Waals surface area contributed by atoms with Crippen LogP contribution in [0.5, 0.6) is 0 Å². The van der Waals surface area contributed by atoms with Crippen molar-refractivity contribution in [2.75, 3.05) is 19.7 Å². The van der Waals surface area contributed by atoms with Crippen molar-refractivity contribution in [2.24, 2.45) is 11.8 Å². The molecule has 1 aromatic rings. The Morgan fingerprint density at radius 3 is 2.76 bits per heavy atom. The Morgan fingerprint density at radius 2 is 2.04 bits per heavy atom. The van der Waals surface area contributed by atoms with Crippen LogP contribution in [0.25, 0.3) is 0 Å². The fourth-order valence-electron chi connectivity index (χ4n) is 3.76. The van der Waals surface area contributed by atoms with E-state index in [0.29, 0.717) is 25.3 Å². The number of carbonyl (C=O) groups is 1. The SMILES string of the molecule is CC(C)CC(CCO)CNC(=O)NCC1(O)CCCc2ccccc21. The summed E-state index contributed by atoms with van der Waals surface area (Å²) >= 11 is 0. The Morgan fingerprint density at radius 1 is 1.28 bits per heavy atom. The molecule has 5 heteroatoms. The highest BCUT2D eigenvalue weighted by Gasteiger charge is 2.34. The van der Waals surface area contributed by atoms with Crippen LogP contribution >= 0.6 is 0 Å². The summed E-state index contributed by atoms with van der Waals surface area (Å²) in [6.45, 7) is 5.17. The number of aryl methyl sites for hydroxylation is 1. The molecule has 0 fully saturated rings. The van der Waals surface area contributed by atoms with Crippen LogP contribution < -0.4 is 10.6 Å². The van der Waals surface area contributed by atoms with Crippen LogP contribution in [0.4, 0.5) is 4.79 Å². The predicted octanol–water partition coefficient (Wildman–Crippen LogP) is 2.55. The number of benzene rings is 1. The summed E-state index contributed by atoms with van der Waals surface area (Å²) < 4.78 is 0. The van der Waals surface area contributed by atoms with Gasteiger partial charge >= 0.3 is 6.03 Å². The van der Waals surface area contributed by atoms with Gasteiger partial charge in [-0.15, -0.1) is 0 Å². The molecule has 0 aromatic heterocycles. The molecule has 1 aliphatic rings. The van der Waals surface area contributed by atoms with Gasteiger partial charge in [-0.1, -0.05) is 38.1 Å². The number of urea groups is 1. The van der Waals surface area contributed by atoms with Gasteiger partial charge in [-0.25, -0.2) is 4.79 Å². The van der Waals surface area contributed by atoms with E-state index in [1.165, 1.54) is 5.56 Å². The molecule has 2 rings (SSSR count). The second kappa shape index (κ2) is 9.20. The monoisotopic (exact) mass is 348 g/mol. The fraction of sp³-hybridized carbons (Fsp3) is 0.650. The van der Waals surface area contributed by atoms with Gasteiger partial charge in [-0.2, -0.15) is 0 Å². The van der Waals surface area contributed by atoms with E-state index in [0.717, 1.165) is 24.8 Å². The average molecular weight is 348 g/mol. The van der Waals surface area contributed by atoms with Crippen molar-refractivity contribution in [1.82, 2.24) is 10.6 Å². The zero-order chi connectivity index (χ0) is 18.3. The average Bonchev–Trinajstić information content (AvgIpc) is 2.58. The molecule has 2 amide bonds. The Kier molecular flexibility index (Phi) is 7.26. The lowest BCUT2D eigenvalue weighted by Crippen LogP contribution is -2.47.